The standard InChI is InChI=1S/C11H14N4O/c1-8(11(16)15(2)3)14-10-5-4-9(6-12)13-7-10/h4-5,7-8,14H,1-3H3. The number of hydrogen-bond acceptors (Lipinski definition) is 4. The van der Waals surface area contributed by atoms with E-state index in [9.17, 15) is 4.79 Å². The van der Waals surface area contributed by atoms with Crippen LogP contribution in [-0.2, 0) is 4.79 Å². The van der Waals surface area contributed by atoms with E-state index in [1.807, 2.05) is 6.07 Å². The van der Waals surface area contributed by atoms with Gasteiger partial charge in [0.15, 0.2) is 0 Å². The molecule has 0 aliphatic heterocycles. The molecule has 0 bridgehead atoms. The van der Waals surface area contributed by atoms with Gasteiger partial charge in [-0.3, -0.25) is 4.79 Å². The summed E-state index contributed by atoms with van der Waals surface area (Å²) in [6.07, 6.45) is 1.54. The Morgan fingerprint density at radius 3 is 2.69 bits per heavy atom. The minimum atomic E-state index is -0.315. The van der Waals surface area contributed by atoms with E-state index in [0.717, 1.165) is 5.69 Å². The minimum absolute atomic E-state index is 0.00985. The van der Waals surface area contributed by atoms with E-state index in [-0.39, 0.29) is 11.9 Å². The summed E-state index contributed by atoms with van der Waals surface area (Å²) in [5.74, 6) is -0.00985. The second-order valence-electron chi connectivity index (χ2n) is 3.64. The van der Waals surface area contributed by atoms with Crippen molar-refractivity contribution in [3.63, 3.8) is 0 Å². The quantitative estimate of drug-likeness (QED) is 0.816. The summed E-state index contributed by atoms with van der Waals surface area (Å²) < 4.78 is 0. The molecule has 1 aromatic rings. The fraction of sp³-hybridized carbons (Fsp3) is 0.364. The molecule has 5 heteroatoms. The molecule has 0 saturated heterocycles. The predicted molar refractivity (Wildman–Crippen MR) is 60.7 cm³/mol. The van der Waals surface area contributed by atoms with Crippen molar-refractivity contribution in [3.05, 3.63) is 24.0 Å². The van der Waals surface area contributed by atoms with Crippen molar-refractivity contribution in [1.82, 2.24) is 9.88 Å². The second kappa shape index (κ2) is 5.12. The highest BCUT2D eigenvalue weighted by atomic mass is 16.2. The van der Waals surface area contributed by atoms with E-state index in [1.165, 1.54) is 11.1 Å². The third-order valence-electron chi connectivity index (χ3n) is 2.07. The van der Waals surface area contributed by atoms with Crippen LogP contribution >= 0.6 is 0 Å². The van der Waals surface area contributed by atoms with Gasteiger partial charge in [-0.15, -0.1) is 0 Å². The lowest BCUT2D eigenvalue weighted by Crippen LogP contribution is -2.36. The van der Waals surface area contributed by atoms with Gasteiger partial charge in [0, 0.05) is 14.1 Å². The fourth-order valence-electron chi connectivity index (χ4n) is 1.24. The lowest BCUT2D eigenvalue weighted by molar-refractivity contribution is -0.129. The highest BCUT2D eigenvalue weighted by molar-refractivity contribution is 5.83. The number of likely N-dealkylation sites (N-methyl/N-ethyl adjacent to an activating group) is 1. The van der Waals surface area contributed by atoms with Gasteiger partial charge < -0.3 is 10.2 Å². The molecule has 0 radical (unpaired) electrons. The Kier molecular flexibility index (Phi) is 3.84. The van der Waals surface area contributed by atoms with Gasteiger partial charge in [0.1, 0.15) is 17.8 Å². The Hall–Kier alpha value is -2.09. The molecule has 1 heterocycles. The van der Waals surface area contributed by atoms with E-state index in [0.29, 0.717) is 5.69 Å². The first-order chi connectivity index (χ1) is 7.54. The van der Waals surface area contributed by atoms with Crippen LogP contribution in [0.2, 0.25) is 0 Å². The zero-order valence-electron chi connectivity index (χ0n) is 9.56. The van der Waals surface area contributed by atoms with Crippen molar-refractivity contribution in [3.8, 4) is 6.07 Å². The molecule has 1 N–H and O–H groups in total. The van der Waals surface area contributed by atoms with Crippen LogP contribution in [0.3, 0.4) is 0 Å². The van der Waals surface area contributed by atoms with E-state index >= 15 is 0 Å². The first-order valence-electron chi connectivity index (χ1n) is 4.88. The highest BCUT2D eigenvalue weighted by Crippen LogP contribution is 2.08. The molecule has 1 atom stereocenters. The molecular formula is C11H14N4O. The van der Waals surface area contributed by atoms with Gasteiger partial charge in [0.25, 0.3) is 0 Å². The normalized spacial score (nSPS) is 11.4. The lowest BCUT2D eigenvalue weighted by Gasteiger charge is -2.18. The van der Waals surface area contributed by atoms with Crippen LogP contribution in [0.1, 0.15) is 12.6 Å². The SMILES string of the molecule is CC(Nc1ccc(C#N)nc1)C(=O)N(C)C. The molecule has 0 aliphatic rings. The molecule has 1 rings (SSSR count). The van der Waals surface area contributed by atoms with Gasteiger partial charge in [0.2, 0.25) is 5.91 Å². The number of nitriles is 1. The van der Waals surface area contributed by atoms with E-state index < -0.39 is 0 Å². The maximum absolute atomic E-state index is 11.6. The van der Waals surface area contributed by atoms with Crippen molar-refractivity contribution >= 4 is 11.6 Å². The van der Waals surface area contributed by atoms with Gasteiger partial charge in [-0.25, -0.2) is 4.98 Å². The van der Waals surface area contributed by atoms with Crippen LogP contribution in [-0.4, -0.2) is 35.9 Å². The molecule has 1 amide bonds. The van der Waals surface area contributed by atoms with Crippen molar-refractivity contribution in [2.24, 2.45) is 0 Å². The number of anilines is 1. The fourth-order valence-corrected chi connectivity index (χ4v) is 1.24. The van der Waals surface area contributed by atoms with Crippen molar-refractivity contribution < 1.29 is 4.79 Å². The van der Waals surface area contributed by atoms with Crippen LogP contribution in [0.4, 0.5) is 5.69 Å². The summed E-state index contributed by atoms with van der Waals surface area (Å²) in [7, 11) is 3.41. The van der Waals surface area contributed by atoms with Gasteiger partial charge in [0.05, 0.1) is 11.9 Å². The summed E-state index contributed by atoms with van der Waals surface area (Å²) in [6, 6.07) is 4.95. The van der Waals surface area contributed by atoms with Crippen molar-refractivity contribution in [2.75, 3.05) is 19.4 Å². The number of rotatable bonds is 3. The number of hydrogen-bond donors (Lipinski definition) is 1. The Morgan fingerprint density at radius 2 is 2.25 bits per heavy atom. The smallest absolute Gasteiger partial charge is 0.244 e. The van der Waals surface area contributed by atoms with Crippen LogP contribution in [0, 0.1) is 11.3 Å². The molecule has 16 heavy (non-hydrogen) atoms. The molecule has 0 aliphatic carbocycles. The second-order valence-corrected chi connectivity index (χ2v) is 3.64. The van der Waals surface area contributed by atoms with Crippen molar-refractivity contribution in [1.29, 1.82) is 5.26 Å². The van der Waals surface area contributed by atoms with Crippen LogP contribution in [0.5, 0.6) is 0 Å². The van der Waals surface area contributed by atoms with Crippen LogP contribution in [0.25, 0.3) is 0 Å². The zero-order chi connectivity index (χ0) is 12.1. The molecule has 0 fully saturated rings. The average molecular weight is 218 g/mol. The molecule has 84 valence electrons. The van der Waals surface area contributed by atoms with E-state index in [4.69, 9.17) is 5.26 Å². The highest BCUT2D eigenvalue weighted by Gasteiger charge is 2.14. The molecule has 1 unspecified atom stereocenters. The number of carbonyl (C=O) groups excluding carboxylic acids is 1. The molecule has 0 aromatic carbocycles. The minimum Gasteiger partial charge on any atom is -0.373 e. The number of aromatic nitrogens is 1. The number of carbonyl (C=O) groups is 1. The van der Waals surface area contributed by atoms with Gasteiger partial charge >= 0.3 is 0 Å². The summed E-state index contributed by atoms with van der Waals surface area (Å²) in [5, 5.41) is 11.6. The number of pyridine rings is 1. The molecular weight excluding hydrogens is 204 g/mol. The van der Waals surface area contributed by atoms with Gasteiger partial charge in [-0.2, -0.15) is 5.26 Å². The molecule has 0 spiro atoms. The Morgan fingerprint density at radius 1 is 1.56 bits per heavy atom. The molecule has 1 aromatic heterocycles. The van der Waals surface area contributed by atoms with E-state index in [2.05, 4.69) is 10.3 Å². The van der Waals surface area contributed by atoms with Gasteiger partial charge in [-0.1, -0.05) is 0 Å². The monoisotopic (exact) mass is 218 g/mol. The largest absolute Gasteiger partial charge is 0.373 e. The zero-order valence-corrected chi connectivity index (χ0v) is 9.56. The number of nitrogens with zero attached hydrogens (tertiary/aromatic N) is 3. The van der Waals surface area contributed by atoms with Crippen LogP contribution < -0.4 is 5.32 Å². The molecule has 0 saturated carbocycles. The summed E-state index contributed by atoms with van der Waals surface area (Å²) in [4.78, 5) is 17.0. The topological polar surface area (TPSA) is 69.0 Å². The summed E-state index contributed by atoms with van der Waals surface area (Å²) >= 11 is 0. The molecule has 5 nitrogen and oxygen atoms in total. The third kappa shape index (κ3) is 2.95. The maximum Gasteiger partial charge on any atom is 0.244 e. The maximum atomic E-state index is 11.6. The average Bonchev–Trinajstić information content (AvgIpc) is 2.28. The Labute approximate surface area is 94.7 Å². The van der Waals surface area contributed by atoms with Gasteiger partial charge in [-0.05, 0) is 19.1 Å². The lowest BCUT2D eigenvalue weighted by atomic mass is 10.2. The summed E-state index contributed by atoms with van der Waals surface area (Å²) in [6.45, 7) is 1.78. The number of amides is 1. The third-order valence-corrected chi connectivity index (χ3v) is 2.07. The van der Waals surface area contributed by atoms with Crippen molar-refractivity contribution in [2.45, 2.75) is 13.0 Å². The predicted octanol–water partition coefficient (Wildman–Crippen LogP) is 0.842. The summed E-state index contributed by atoms with van der Waals surface area (Å²) in [5.41, 5.74) is 1.08. The number of nitrogens with one attached hydrogen (secondary N) is 1. The first-order valence-corrected chi connectivity index (χ1v) is 4.88. The Balaban J connectivity index is 2.67. The first kappa shape index (κ1) is 12.0. The Bertz CT molecular complexity index is 405. The van der Waals surface area contributed by atoms with Crippen LogP contribution in [0.15, 0.2) is 18.3 Å². The van der Waals surface area contributed by atoms with E-state index in [1.54, 1.807) is 33.2 Å².